The predicted octanol–water partition coefficient (Wildman–Crippen LogP) is 6.72. The molecule has 3 aromatic rings. The minimum Gasteiger partial charge on any atom is -0.396 e. The number of anilines is 1. The minimum absolute atomic E-state index is 0.112. The first-order valence-corrected chi connectivity index (χ1v) is 15.3. The molecule has 1 aromatic heterocycles. The fourth-order valence-corrected chi connectivity index (χ4v) is 6.63. The molecule has 0 unspecified atom stereocenters. The van der Waals surface area contributed by atoms with Crippen molar-refractivity contribution in [2.75, 3.05) is 18.5 Å². The Labute approximate surface area is 239 Å². The van der Waals surface area contributed by atoms with E-state index < -0.39 is 0 Å². The molecule has 2 aromatic carbocycles. The van der Waals surface area contributed by atoms with Crippen molar-refractivity contribution in [2.45, 2.75) is 55.5 Å². The zero-order valence-electron chi connectivity index (χ0n) is 22.4. The number of hydrogen-bond acceptors (Lipinski definition) is 7. The maximum Gasteiger partial charge on any atom is 0.257 e. The number of aromatic nitrogens is 1. The molecule has 206 valence electrons. The zero-order valence-corrected chi connectivity index (χ0v) is 24.1. The molecule has 1 amide bonds. The summed E-state index contributed by atoms with van der Waals surface area (Å²) >= 11 is 3.10. The van der Waals surface area contributed by atoms with Gasteiger partial charge in [-0.1, -0.05) is 53.8 Å². The van der Waals surface area contributed by atoms with Crippen LogP contribution in [0.4, 0.5) is 5.13 Å². The van der Waals surface area contributed by atoms with Gasteiger partial charge in [0, 0.05) is 35.9 Å². The van der Waals surface area contributed by atoms with Gasteiger partial charge in [-0.15, -0.1) is 11.8 Å². The van der Waals surface area contributed by atoms with Gasteiger partial charge in [-0.25, -0.2) is 4.98 Å². The van der Waals surface area contributed by atoms with Crippen LogP contribution in [-0.4, -0.2) is 34.9 Å². The van der Waals surface area contributed by atoms with Crippen LogP contribution >= 0.6 is 23.1 Å². The monoisotopic (exact) mass is 563 g/mol. The molecule has 1 fully saturated rings. The van der Waals surface area contributed by atoms with E-state index >= 15 is 0 Å². The number of carbonyl (C=O) groups excluding carboxylic acids is 2. The summed E-state index contributed by atoms with van der Waals surface area (Å²) in [6.07, 6.45) is 6.49. The number of thioether (sulfide) groups is 1. The van der Waals surface area contributed by atoms with Gasteiger partial charge in [-0.3, -0.25) is 14.9 Å². The predicted molar refractivity (Wildman–Crippen MR) is 161 cm³/mol. The third-order valence-electron chi connectivity index (χ3n) is 7.15. The summed E-state index contributed by atoms with van der Waals surface area (Å²) in [6.45, 7) is 7.81. The number of thiazole rings is 1. The van der Waals surface area contributed by atoms with Crippen molar-refractivity contribution in [2.24, 2.45) is 11.8 Å². The fourth-order valence-electron chi connectivity index (χ4n) is 4.82. The van der Waals surface area contributed by atoms with Crippen LogP contribution in [0.5, 0.6) is 0 Å². The van der Waals surface area contributed by atoms with Gasteiger partial charge in [-0.2, -0.15) is 0 Å². The standard InChI is InChI=1S/C31H37N3O3S2/c1-21(2)24-11-13-25(14-12-24)29(36)27-6-3-5-23(17-27)20-38-28-19-33-31(39-28)34-30(37)26-9-7-22(8-10-26)18-32-15-4-16-35/h3,5-10,17,19,24-25,32,35H,1,4,11-16,18,20H2,2H3,(H,33,34,37). The zero-order chi connectivity index (χ0) is 27.6. The number of nitrogens with one attached hydrogen (secondary N) is 2. The first-order valence-electron chi connectivity index (χ1n) is 13.5. The Morgan fingerprint density at radius 2 is 1.79 bits per heavy atom. The van der Waals surface area contributed by atoms with Gasteiger partial charge in [0.05, 0.1) is 10.4 Å². The maximum atomic E-state index is 13.1. The van der Waals surface area contributed by atoms with Crippen molar-refractivity contribution in [1.82, 2.24) is 10.3 Å². The fraction of sp³-hybridized carbons (Fsp3) is 0.387. The number of nitrogens with zero attached hydrogens (tertiary/aromatic N) is 1. The van der Waals surface area contributed by atoms with Gasteiger partial charge in [0.2, 0.25) is 0 Å². The summed E-state index contributed by atoms with van der Waals surface area (Å²) in [5, 5.41) is 15.6. The highest BCUT2D eigenvalue weighted by Gasteiger charge is 2.27. The Bertz CT molecular complexity index is 1260. The topological polar surface area (TPSA) is 91.3 Å². The molecule has 4 rings (SSSR count). The van der Waals surface area contributed by atoms with Crippen molar-refractivity contribution < 1.29 is 14.7 Å². The second-order valence-corrected chi connectivity index (χ2v) is 12.4. The van der Waals surface area contributed by atoms with Gasteiger partial charge < -0.3 is 10.4 Å². The Morgan fingerprint density at radius 1 is 1.05 bits per heavy atom. The van der Waals surface area contributed by atoms with E-state index in [1.54, 1.807) is 18.0 Å². The molecule has 6 nitrogen and oxygen atoms in total. The second-order valence-electron chi connectivity index (χ2n) is 10.1. The number of rotatable bonds is 13. The molecule has 0 radical (unpaired) electrons. The van der Waals surface area contributed by atoms with Crippen LogP contribution in [0.3, 0.4) is 0 Å². The normalized spacial score (nSPS) is 17.1. The summed E-state index contributed by atoms with van der Waals surface area (Å²) < 4.78 is 1.00. The lowest BCUT2D eigenvalue weighted by molar-refractivity contribution is 0.0877. The van der Waals surface area contributed by atoms with Gasteiger partial charge in [0.15, 0.2) is 10.9 Å². The average Bonchev–Trinajstić information content (AvgIpc) is 3.41. The first kappa shape index (κ1) is 29.2. The molecule has 1 aliphatic carbocycles. The molecule has 0 bridgehead atoms. The highest BCUT2D eigenvalue weighted by atomic mass is 32.2. The summed E-state index contributed by atoms with van der Waals surface area (Å²) in [5.74, 6) is 1.47. The summed E-state index contributed by atoms with van der Waals surface area (Å²) in [6, 6.07) is 15.4. The van der Waals surface area contributed by atoms with Crippen LogP contribution in [0, 0.1) is 11.8 Å². The van der Waals surface area contributed by atoms with Crippen molar-refractivity contribution >= 4 is 39.9 Å². The van der Waals surface area contributed by atoms with Crippen LogP contribution in [0.15, 0.2) is 71.1 Å². The largest absolute Gasteiger partial charge is 0.396 e. The Kier molecular flexibility index (Phi) is 10.9. The maximum absolute atomic E-state index is 13.1. The van der Waals surface area contributed by atoms with E-state index in [0.29, 0.717) is 23.2 Å². The lowest BCUT2D eigenvalue weighted by Crippen LogP contribution is -2.22. The van der Waals surface area contributed by atoms with Crippen LogP contribution in [0.2, 0.25) is 0 Å². The van der Waals surface area contributed by atoms with E-state index in [4.69, 9.17) is 5.11 Å². The molecule has 8 heteroatoms. The molecule has 1 aliphatic rings. The molecular formula is C31H37N3O3S2. The number of amides is 1. The van der Waals surface area contributed by atoms with Crippen molar-refractivity contribution in [3.05, 3.63) is 89.1 Å². The Hall–Kier alpha value is -2.78. The summed E-state index contributed by atoms with van der Waals surface area (Å²) in [7, 11) is 0. The van der Waals surface area contributed by atoms with E-state index in [2.05, 4.69) is 35.2 Å². The van der Waals surface area contributed by atoms with Crippen LogP contribution in [0.25, 0.3) is 0 Å². The highest BCUT2D eigenvalue weighted by molar-refractivity contribution is 8.00. The average molecular weight is 564 g/mol. The Balaban J connectivity index is 1.26. The Morgan fingerprint density at radius 3 is 2.51 bits per heavy atom. The number of ketones is 1. The van der Waals surface area contributed by atoms with Gasteiger partial charge in [0.1, 0.15) is 0 Å². The SMILES string of the molecule is C=C(C)C1CCC(C(=O)c2cccc(CSc3cnc(NC(=O)c4ccc(CNCCCO)cc4)s3)c2)CC1. The third kappa shape index (κ3) is 8.60. The second kappa shape index (κ2) is 14.6. The van der Waals surface area contributed by atoms with E-state index in [1.807, 2.05) is 42.5 Å². The number of hydrogen-bond donors (Lipinski definition) is 3. The van der Waals surface area contributed by atoms with Crippen LogP contribution < -0.4 is 10.6 Å². The molecule has 0 spiro atoms. The molecule has 0 atom stereocenters. The summed E-state index contributed by atoms with van der Waals surface area (Å²) in [4.78, 5) is 30.2. The minimum atomic E-state index is -0.191. The number of aliphatic hydroxyl groups is 1. The van der Waals surface area contributed by atoms with E-state index in [-0.39, 0.29) is 24.2 Å². The number of carbonyl (C=O) groups is 2. The van der Waals surface area contributed by atoms with E-state index in [9.17, 15) is 9.59 Å². The van der Waals surface area contributed by atoms with Crippen LogP contribution in [0.1, 0.15) is 70.9 Å². The highest BCUT2D eigenvalue weighted by Crippen LogP contribution is 2.35. The van der Waals surface area contributed by atoms with Crippen LogP contribution in [-0.2, 0) is 12.3 Å². The van der Waals surface area contributed by atoms with E-state index in [1.165, 1.54) is 16.9 Å². The van der Waals surface area contributed by atoms with Gasteiger partial charge >= 0.3 is 0 Å². The van der Waals surface area contributed by atoms with Gasteiger partial charge in [0.25, 0.3) is 5.91 Å². The molecule has 1 saturated carbocycles. The summed E-state index contributed by atoms with van der Waals surface area (Å²) in [5.41, 5.74) is 4.80. The van der Waals surface area contributed by atoms with Gasteiger partial charge in [-0.05, 0) is 80.8 Å². The molecule has 39 heavy (non-hydrogen) atoms. The molecule has 0 saturated heterocycles. The molecule has 3 N–H and O–H groups in total. The number of benzene rings is 2. The van der Waals surface area contributed by atoms with Crippen molar-refractivity contribution in [3.8, 4) is 0 Å². The third-order valence-corrected chi connectivity index (χ3v) is 9.33. The first-order chi connectivity index (χ1) is 18.9. The number of allylic oxidation sites excluding steroid dienone is 1. The molecule has 0 aliphatic heterocycles. The van der Waals surface area contributed by atoms with Crippen molar-refractivity contribution in [3.63, 3.8) is 0 Å². The van der Waals surface area contributed by atoms with Crippen molar-refractivity contribution in [1.29, 1.82) is 0 Å². The smallest absolute Gasteiger partial charge is 0.257 e. The number of Topliss-reactive ketones (excluding diaryl/α,β-unsaturated/α-hetero) is 1. The van der Waals surface area contributed by atoms with E-state index in [0.717, 1.165) is 65.3 Å². The molecule has 1 heterocycles. The lowest BCUT2D eigenvalue weighted by Gasteiger charge is -2.28. The molecular weight excluding hydrogens is 526 g/mol. The quantitative estimate of drug-likeness (QED) is 0.0925. The number of aliphatic hydroxyl groups excluding tert-OH is 1. The lowest BCUT2D eigenvalue weighted by atomic mass is 9.76.